The highest BCUT2D eigenvalue weighted by molar-refractivity contribution is 5.91. The quantitative estimate of drug-likeness (QED) is 0.135. The molecule has 0 fully saturated rings. The van der Waals surface area contributed by atoms with Crippen molar-refractivity contribution in [1.82, 2.24) is 0 Å². The summed E-state index contributed by atoms with van der Waals surface area (Å²) in [6.07, 6.45) is -2.50. The van der Waals surface area contributed by atoms with Crippen molar-refractivity contribution in [2.24, 2.45) is 0 Å². The van der Waals surface area contributed by atoms with Crippen molar-refractivity contribution in [1.29, 1.82) is 5.41 Å². The Balaban J connectivity index is 0. The normalized spacial score (nSPS) is 9.31. The Morgan fingerprint density at radius 1 is 0.615 bits per heavy atom. The van der Waals surface area contributed by atoms with Crippen molar-refractivity contribution < 1.29 is 53.9 Å². The topological polar surface area (TPSA) is 209 Å². The van der Waals surface area contributed by atoms with Crippen molar-refractivity contribution >= 4 is 35.7 Å². The van der Waals surface area contributed by atoms with E-state index >= 15 is 0 Å². The van der Waals surface area contributed by atoms with Gasteiger partial charge in [-0.15, -0.1) is 0 Å². The van der Waals surface area contributed by atoms with E-state index in [1.165, 1.54) is 0 Å². The van der Waals surface area contributed by atoms with Crippen molar-refractivity contribution in [3.8, 4) is 0 Å². The van der Waals surface area contributed by atoms with Crippen LogP contribution in [0.15, 0.2) is 0 Å². The molecule has 0 spiro atoms. The summed E-state index contributed by atoms with van der Waals surface area (Å²) in [5, 5.41) is 39.2. The van der Waals surface area contributed by atoms with E-state index in [0.717, 1.165) is 0 Å². The zero-order valence-corrected chi connectivity index (χ0v) is 13.8. The minimum atomic E-state index is -1.21. The highest BCUT2D eigenvalue weighted by Gasteiger charge is 2.15. The first kappa shape index (κ1) is 25.4. The van der Waals surface area contributed by atoms with Gasteiger partial charge in [0.1, 0.15) is 0 Å². The minimum Gasteiger partial charge on any atom is -0.481 e. The number of hydrogen-bond acceptors (Lipinski definition) is 10. The molecule has 0 aliphatic heterocycles. The molecule has 12 nitrogen and oxygen atoms in total. The largest absolute Gasteiger partial charge is 0.481 e. The molecule has 0 saturated heterocycles. The number of carboxylic acids is 2. The monoisotopic (exact) mass is 379 g/mol. The average molecular weight is 379 g/mol. The summed E-state index contributed by atoms with van der Waals surface area (Å²) >= 11 is 0. The number of carboxylic acid groups (broad SMARTS) is 2. The zero-order valence-electron chi connectivity index (χ0n) is 13.8. The number of hydrogen-bond donors (Lipinski definition) is 5. The lowest BCUT2D eigenvalue weighted by molar-refractivity contribution is -0.161. The van der Waals surface area contributed by atoms with Gasteiger partial charge in [-0.1, -0.05) is 0 Å². The third-order valence-corrected chi connectivity index (χ3v) is 2.21. The molecule has 0 aromatic carbocycles. The Hall–Kier alpha value is -2.86. The maximum Gasteiger partial charge on any atom is 0.314 e. The van der Waals surface area contributed by atoms with Gasteiger partial charge in [-0.25, -0.2) is 0 Å². The molecule has 0 aromatic rings. The number of carbonyl (C=O) groups is 5. The molecule has 0 radical (unpaired) electrons. The van der Waals surface area contributed by atoms with Crippen LogP contribution in [0.2, 0.25) is 0 Å². The van der Waals surface area contributed by atoms with E-state index in [4.69, 9.17) is 25.8 Å². The lowest BCUT2D eigenvalue weighted by Gasteiger charge is -2.05. The summed E-state index contributed by atoms with van der Waals surface area (Å²) in [4.78, 5) is 53.7. The number of rotatable bonds is 10. The Bertz CT molecular complexity index is 469. The number of nitrogens with one attached hydrogen (secondary N) is 1. The smallest absolute Gasteiger partial charge is 0.314 e. The molecule has 0 aliphatic carbocycles. The van der Waals surface area contributed by atoms with E-state index < -0.39 is 67.8 Å². The molecule has 26 heavy (non-hydrogen) atoms. The molecule has 0 heterocycles. The highest BCUT2D eigenvalue weighted by atomic mass is 16.6. The second-order valence-corrected chi connectivity index (χ2v) is 4.48. The molecule has 0 rings (SSSR count). The Labute approximate surface area is 147 Å². The van der Waals surface area contributed by atoms with Crippen LogP contribution in [-0.4, -0.2) is 69.4 Å². The van der Waals surface area contributed by atoms with Gasteiger partial charge in [-0.2, -0.15) is 0 Å². The van der Waals surface area contributed by atoms with Crippen LogP contribution in [0.25, 0.3) is 0 Å². The maximum atomic E-state index is 11.2. The van der Waals surface area contributed by atoms with Gasteiger partial charge in [-0.05, 0) is 0 Å². The van der Waals surface area contributed by atoms with Crippen LogP contribution in [0.3, 0.4) is 0 Å². The summed E-state index contributed by atoms with van der Waals surface area (Å²) in [6, 6.07) is 0. The number of esters is 3. The van der Waals surface area contributed by atoms with Crippen molar-refractivity contribution in [2.75, 3.05) is 13.2 Å². The molecule has 0 bridgehead atoms. The third kappa shape index (κ3) is 19.2. The van der Waals surface area contributed by atoms with Crippen molar-refractivity contribution in [3.05, 3.63) is 0 Å². The summed E-state index contributed by atoms with van der Waals surface area (Å²) in [6.45, 7) is -0.250. The Morgan fingerprint density at radius 3 is 1.31 bits per heavy atom. The van der Waals surface area contributed by atoms with Crippen molar-refractivity contribution in [3.63, 3.8) is 0 Å². The second kappa shape index (κ2) is 15.7. The van der Waals surface area contributed by atoms with Gasteiger partial charge in [0.05, 0.1) is 45.3 Å². The maximum absolute atomic E-state index is 11.2. The molecule has 0 atom stereocenters. The summed E-state index contributed by atoms with van der Waals surface area (Å²) in [7, 11) is 0. The molecular weight excluding hydrogens is 358 g/mol. The third-order valence-electron chi connectivity index (χ3n) is 2.21. The molecule has 12 heteroatoms. The Morgan fingerprint density at radius 2 is 0.962 bits per heavy atom. The van der Waals surface area contributed by atoms with E-state index in [-0.39, 0.29) is 19.6 Å². The van der Waals surface area contributed by atoms with Gasteiger partial charge in [0.15, 0.2) is 5.90 Å². The van der Waals surface area contributed by atoms with Crippen molar-refractivity contribution in [2.45, 2.75) is 38.5 Å². The van der Waals surface area contributed by atoms with E-state index in [2.05, 4.69) is 9.47 Å². The van der Waals surface area contributed by atoms with Gasteiger partial charge in [0.25, 0.3) is 0 Å². The van der Waals surface area contributed by atoms with E-state index in [1.54, 1.807) is 0 Å². The summed E-state index contributed by atoms with van der Waals surface area (Å²) in [5.74, 6) is -5.87. The summed E-state index contributed by atoms with van der Waals surface area (Å²) in [5.41, 5.74) is 0. The summed E-state index contributed by atoms with van der Waals surface area (Å²) < 4.78 is 8.72. The lowest BCUT2D eigenvalue weighted by Crippen LogP contribution is -2.17. The van der Waals surface area contributed by atoms with Crippen LogP contribution >= 0.6 is 0 Å². The molecule has 0 aliphatic rings. The fourth-order valence-corrected chi connectivity index (χ4v) is 1.10. The number of carbonyl (C=O) groups excluding carboxylic acids is 3. The first-order valence-electron chi connectivity index (χ1n) is 7.29. The lowest BCUT2D eigenvalue weighted by atomic mass is 10.3. The highest BCUT2D eigenvalue weighted by Crippen LogP contribution is 2.01. The zero-order chi connectivity index (χ0) is 20.5. The van der Waals surface area contributed by atoms with E-state index in [9.17, 15) is 24.0 Å². The minimum absolute atomic E-state index is 0.125. The van der Waals surface area contributed by atoms with Crippen LogP contribution in [0, 0.1) is 5.41 Å². The van der Waals surface area contributed by atoms with Gasteiger partial charge in [-0.3, -0.25) is 29.4 Å². The standard InChI is InChI=1S/C12H15NO9.C2H6O2/c13-7(21-10(18)5-2-8(14)15)1-4-11(19)22-12(20)6-3-9(16)17;3-1-2-4/h13H,1-6H2,(H,14,15)(H,16,17);3-4H,1-2H2. The average Bonchev–Trinajstić information content (AvgIpc) is 2.56. The van der Waals surface area contributed by atoms with Crippen LogP contribution in [0.1, 0.15) is 38.5 Å². The first-order chi connectivity index (χ1) is 12.1. The number of aliphatic hydroxyl groups excluding tert-OH is 2. The second-order valence-electron chi connectivity index (χ2n) is 4.48. The van der Waals surface area contributed by atoms with Gasteiger partial charge >= 0.3 is 29.8 Å². The predicted octanol–water partition coefficient (Wildman–Crippen LogP) is -0.943. The molecule has 0 unspecified atom stereocenters. The molecule has 148 valence electrons. The van der Waals surface area contributed by atoms with E-state index in [1.807, 2.05) is 0 Å². The number of ether oxygens (including phenoxy) is 2. The molecular formula is C14H21NO11. The van der Waals surface area contributed by atoms with Gasteiger partial charge in [0, 0.05) is 6.42 Å². The van der Waals surface area contributed by atoms with Gasteiger partial charge in [0.2, 0.25) is 0 Å². The number of aliphatic hydroxyl groups is 2. The molecule has 5 N–H and O–H groups in total. The van der Waals surface area contributed by atoms with Crippen LogP contribution < -0.4 is 0 Å². The van der Waals surface area contributed by atoms with Crippen LogP contribution in [0.4, 0.5) is 0 Å². The predicted molar refractivity (Wildman–Crippen MR) is 82.1 cm³/mol. The molecule has 0 aromatic heterocycles. The number of aliphatic carboxylic acids is 2. The van der Waals surface area contributed by atoms with Crippen LogP contribution in [-0.2, 0) is 33.4 Å². The SMILES string of the molecule is N=C(CCC(=O)OC(=O)CCC(=O)O)OC(=O)CCC(=O)O.OCCO. The van der Waals surface area contributed by atoms with E-state index in [0.29, 0.717) is 0 Å². The molecule has 0 saturated carbocycles. The fraction of sp³-hybridized carbons (Fsp3) is 0.571. The fourth-order valence-electron chi connectivity index (χ4n) is 1.10. The Kier molecular flexibility index (Phi) is 15.3. The van der Waals surface area contributed by atoms with Crippen LogP contribution in [0.5, 0.6) is 0 Å². The molecule has 0 amide bonds. The first-order valence-corrected chi connectivity index (χ1v) is 7.29. The van der Waals surface area contributed by atoms with Gasteiger partial charge < -0.3 is 29.9 Å².